The Bertz CT molecular complexity index is 1300. The van der Waals surface area contributed by atoms with Crippen LogP contribution < -0.4 is 10.1 Å². The lowest BCUT2D eigenvalue weighted by Gasteiger charge is -2.19. The monoisotopic (exact) mass is 512 g/mol. The third kappa shape index (κ3) is 5.69. The molecule has 0 unspecified atom stereocenters. The number of ether oxygens (including phenoxy) is 1. The molecule has 0 atom stereocenters. The second kappa shape index (κ2) is 10.0. The first-order valence-electron chi connectivity index (χ1n) is 9.80. The summed E-state index contributed by atoms with van der Waals surface area (Å²) in [5, 5.41) is 2.30. The Hall–Kier alpha value is -3.08. The lowest BCUT2D eigenvalue weighted by Crippen LogP contribution is -2.27. The van der Waals surface area contributed by atoms with E-state index in [0.29, 0.717) is 11.3 Å². The highest BCUT2D eigenvalue weighted by atomic mass is 35.5. The molecule has 0 aliphatic rings. The molecular weight excluding hydrogens is 493 g/mol. The average Bonchev–Trinajstić information content (AvgIpc) is 2.80. The zero-order valence-electron chi connectivity index (χ0n) is 18.1. The van der Waals surface area contributed by atoms with Crippen molar-refractivity contribution in [3.63, 3.8) is 0 Å². The summed E-state index contributed by atoms with van der Waals surface area (Å²) in [7, 11) is -1.03. The maximum atomic E-state index is 13.0. The number of nitrogens with zero attached hydrogens (tertiary/aromatic N) is 1. The van der Waals surface area contributed by atoms with Crippen molar-refractivity contribution in [1.29, 1.82) is 0 Å². The van der Waals surface area contributed by atoms with E-state index in [1.165, 1.54) is 44.5 Å². The van der Waals surface area contributed by atoms with Gasteiger partial charge >= 0.3 is 6.18 Å². The highest BCUT2D eigenvalue weighted by molar-refractivity contribution is 7.89. The van der Waals surface area contributed by atoms with Gasteiger partial charge < -0.3 is 10.1 Å². The number of rotatable bonds is 7. The van der Waals surface area contributed by atoms with Crippen molar-refractivity contribution in [2.75, 3.05) is 19.5 Å². The summed E-state index contributed by atoms with van der Waals surface area (Å²) in [4.78, 5) is 12.9. The maximum absolute atomic E-state index is 13.0. The van der Waals surface area contributed by atoms with Gasteiger partial charge in [0.2, 0.25) is 10.0 Å². The zero-order valence-corrected chi connectivity index (χ0v) is 19.6. The summed E-state index contributed by atoms with van der Waals surface area (Å²) in [5.74, 6) is -0.387. The second-order valence-electron chi connectivity index (χ2n) is 7.25. The summed E-state index contributed by atoms with van der Waals surface area (Å²) in [6.07, 6.45) is -4.60. The number of alkyl halides is 3. The van der Waals surface area contributed by atoms with E-state index in [2.05, 4.69) is 5.32 Å². The number of hydrogen-bond donors (Lipinski definition) is 1. The van der Waals surface area contributed by atoms with Crippen molar-refractivity contribution < 1.29 is 31.1 Å². The van der Waals surface area contributed by atoms with Gasteiger partial charge in [-0.2, -0.15) is 17.5 Å². The fraction of sp³-hybridized carbons (Fsp3) is 0.174. The van der Waals surface area contributed by atoms with Gasteiger partial charge in [0, 0.05) is 24.7 Å². The third-order valence-electron chi connectivity index (χ3n) is 4.93. The molecule has 0 aliphatic heterocycles. The molecule has 0 bridgehead atoms. The lowest BCUT2D eigenvalue weighted by molar-refractivity contribution is -0.137. The average molecular weight is 513 g/mol. The van der Waals surface area contributed by atoms with Crippen LogP contribution >= 0.6 is 11.6 Å². The Morgan fingerprint density at radius 2 is 1.74 bits per heavy atom. The standard InChI is InChI=1S/C23H20ClF3N2O4S/c1-29(34(31,32)18-6-4-3-5-7-18)14-16-12-15(8-11-21(16)33-2)22(30)28-20-13-17(23(25,26)27)9-10-19(20)24/h3-13H,14H2,1-2H3,(H,28,30). The molecule has 0 aromatic heterocycles. The summed E-state index contributed by atoms with van der Waals surface area (Å²) in [5.41, 5.74) is -0.708. The van der Waals surface area contributed by atoms with E-state index in [-0.39, 0.29) is 27.7 Å². The fourth-order valence-corrected chi connectivity index (χ4v) is 4.47. The Morgan fingerprint density at radius 1 is 1.06 bits per heavy atom. The molecule has 0 fully saturated rings. The fourth-order valence-electron chi connectivity index (χ4n) is 3.13. The number of halogens is 4. The molecule has 3 aromatic rings. The summed E-state index contributed by atoms with van der Waals surface area (Å²) in [6.45, 7) is -0.119. The van der Waals surface area contributed by atoms with E-state index < -0.39 is 27.7 Å². The minimum absolute atomic E-state index is 0.0660. The van der Waals surface area contributed by atoms with Crippen molar-refractivity contribution in [2.24, 2.45) is 0 Å². The smallest absolute Gasteiger partial charge is 0.416 e. The second-order valence-corrected chi connectivity index (χ2v) is 9.70. The first-order chi connectivity index (χ1) is 15.9. The number of carbonyl (C=O) groups is 1. The normalized spacial score (nSPS) is 12.0. The predicted octanol–water partition coefficient (Wildman–Crippen LogP) is 5.44. The van der Waals surface area contributed by atoms with Gasteiger partial charge in [0.1, 0.15) is 5.75 Å². The van der Waals surface area contributed by atoms with Crippen LogP contribution in [0, 0.1) is 0 Å². The molecule has 6 nitrogen and oxygen atoms in total. The summed E-state index contributed by atoms with van der Waals surface area (Å²) < 4.78 is 71.1. The summed E-state index contributed by atoms with van der Waals surface area (Å²) >= 11 is 5.96. The third-order valence-corrected chi connectivity index (χ3v) is 7.08. The van der Waals surface area contributed by atoms with Crippen LogP contribution in [0.25, 0.3) is 0 Å². The number of sulfonamides is 1. The molecule has 0 saturated carbocycles. The molecule has 3 rings (SSSR count). The van der Waals surface area contributed by atoms with E-state index >= 15 is 0 Å². The molecule has 0 heterocycles. The SMILES string of the molecule is COc1ccc(C(=O)Nc2cc(C(F)(F)F)ccc2Cl)cc1CN(C)S(=O)(=O)c1ccccc1. The molecule has 180 valence electrons. The zero-order chi connectivity index (χ0) is 25.1. The van der Waals surface area contributed by atoms with Crippen LogP contribution in [-0.2, 0) is 22.7 Å². The van der Waals surface area contributed by atoms with Crippen LogP contribution in [0.2, 0.25) is 5.02 Å². The van der Waals surface area contributed by atoms with Gasteiger partial charge in [0.15, 0.2) is 0 Å². The Kier molecular flexibility index (Phi) is 7.54. The molecule has 1 N–H and O–H groups in total. The maximum Gasteiger partial charge on any atom is 0.416 e. The van der Waals surface area contributed by atoms with Crippen LogP contribution in [0.4, 0.5) is 18.9 Å². The number of methoxy groups -OCH3 is 1. The van der Waals surface area contributed by atoms with Crippen molar-refractivity contribution in [2.45, 2.75) is 17.6 Å². The number of anilines is 1. The van der Waals surface area contributed by atoms with Crippen LogP contribution in [0.1, 0.15) is 21.5 Å². The first-order valence-corrected chi connectivity index (χ1v) is 11.6. The Labute approximate surface area is 200 Å². The highest BCUT2D eigenvalue weighted by Crippen LogP contribution is 2.34. The van der Waals surface area contributed by atoms with Gasteiger partial charge in [0.25, 0.3) is 5.91 Å². The van der Waals surface area contributed by atoms with Crippen LogP contribution in [0.15, 0.2) is 71.6 Å². The number of amides is 1. The first kappa shape index (κ1) is 25.5. The van der Waals surface area contributed by atoms with Gasteiger partial charge in [-0.05, 0) is 48.5 Å². The lowest BCUT2D eigenvalue weighted by atomic mass is 10.1. The van der Waals surface area contributed by atoms with Crippen molar-refractivity contribution in [3.8, 4) is 5.75 Å². The number of carbonyl (C=O) groups excluding carboxylic acids is 1. The van der Waals surface area contributed by atoms with Crippen molar-refractivity contribution in [1.82, 2.24) is 4.31 Å². The molecule has 0 spiro atoms. The molecule has 3 aromatic carbocycles. The Morgan fingerprint density at radius 3 is 2.35 bits per heavy atom. The molecule has 34 heavy (non-hydrogen) atoms. The minimum atomic E-state index is -4.60. The summed E-state index contributed by atoms with van der Waals surface area (Å²) in [6, 6.07) is 14.7. The van der Waals surface area contributed by atoms with Gasteiger partial charge in [-0.1, -0.05) is 29.8 Å². The number of benzene rings is 3. The van der Waals surface area contributed by atoms with Crippen molar-refractivity contribution in [3.05, 3.63) is 88.4 Å². The quantitative estimate of drug-likeness (QED) is 0.457. The molecular formula is C23H20ClF3N2O4S. The minimum Gasteiger partial charge on any atom is -0.496 e. The topological polar surface area (TPSA) is 75.7 Å². The Balaban J connectivity index is 1.87. The molecule has 0 radical (unpaired) electrons. The number of hydrogen-bond acceptors (Lipinski definition) is 4. The van der Waals surface area contributed by atoms with Gasteiger partial charge in [0.05, 0.1) is 28.3 Å². The molecule has 0 aliphatic carbocycles. The van der Waals surface area contributed by atoms with Gasteiger partial charge in [-0.25, -0.2) is 8.42 Å². The van der Waals surface area contributed by atoms with E-state index in [1.807, 2.05) is 0 Å². The molecule has 0 saturated heterocycles. The van der Waals surface area contributed by atoms with Gasteiger partial charge in [-0.3, -0.25) is 4.79 Å². The van der Waals surface area contributed by atoms with Gasteiger partial charge in [-0.15, -0.1) is 0 Å². The number of nitrogens with one attached hydrogen (secondary N) is 1. The van der Waals surface area contributed by atoms with E-state index in [0.717, 1.165) is 22.5 Å². The molecule has 11 heteroatoms. The van der Waals surface area contributed by atoms with Crippen LogP contribution in [-0.4, -0.2) is 32.8 Å². The van der Waals surface area contributed by atoms with E-state index in [4.69, 9.17) is 16.3 Å². The van der Waals surface area contributed by atoms with Crippen LogP contribution in [0.3, 0.4) is 0 Å². The van der Waals surface area contributed by atoms with E-state index in [9.17, 15) is 26.4 Å². The van der Waals surface area contributed by atoms with E-state index in [1.54, 1.807) is 18.2 Å². The largest absolute Gasteiger partial charge is 0.496 e. The van der Waals surface area contributed by atoms with Crippen LogP contribution in [0.5, 0.6) is 5.75 Å². The predicted molar refractivity (Wildman–Crippen MR) is 122 cm³/mol. The van der Waals surface area contributed by atoms with Crippen molar-refractivity contribution >= 4 is 33.2 Å². The highest BCUT2D eigenvalue weighted by Gasteiger charge is 2.31. The molecule has 1 amide bonds.